The van der Waals surface area contributed by atoms with Gasteiger partial charge in [0, 0.05) is 48.5 Å². The van der Waals surface area contributed by atoms with E-state index in [1.165, 1.54) is 27.7 Å². The van der Waals surface area contributed by atoms with Gasteiger partial charge >= 0.3 is 23.9 Å². The number of aliphatic hydroxyl groups excluding tert-OH is 4. The summed E-state index contributed by atoms with van der Waals surface area (Å²) >= 11 is 0. The van der Waals surface area contributed by atoms with Gasteiger partial charge in [-0.1, -0.05) is 56.1 Å². The molecular weight excluding hydrogens is 652 g/mol. The van der Waals surface area contributed by atoms with Gasteiger partial charge in [0.1, 0.15) is 50.8 Å². The van der Waals surface area contributed by atoms with Gasteiger partial charge in [-0.25, -0.2) is 19.2 Å². The predicted octanol–water partition coefficient (Wildman–Crippen LogP) is 1.52. The van der Waals surface area contributed by atoms with Crippen molar-refractivity contribution < 1.29 is 58.6 Å². The molecule has 0 aliphatic rings. The number of benzene rings is 1. The van der Waals surface area contributed by atoms with Crippen molar-refractivity contribution in [1.82, 2.24) is 9.80 Å². The van der Waals surface area contributed by atoms with Crippen LogP contribution in [0.15, 0.2) is 72.9 Å². The van der Waals surface area contributed by atoms with Gasteiger partial charge in [-0.2, -0.15) is 0 Å². The Balaban J connectivity index is 3.68. The lowest BCUT2D eigenvalue weighted by Gasteiger charge is -2.43. The van der Waals surface area contributed by atoms with Crippen LogP contribution < -0.4 is 0 Å². The van der Waals surface area contributed by atoms with Gasteiger partial charge in [0.2, 0.25) is 0 Å². The predicted molar refractivity (Wildman–Crippen MR) is 184 cm³/mol. The fraction of sp³-hybridized carbons (Fsp3) is 0.500. The molecule has 0 amide bonds. The molecule has 4 unspecified atom stereocenters. The van der Waals surface area contributed by atoms with Crippen LogP contribution in [-0.4, -0.2) is 131 Å². The van der Waals surface area contributed by atoms with Crippen molar-refractivity contribution in [3.63, 3.8) is 0 Å². The molecular formula is C36H52N2O12. The number of esters is 4. The van der Waals surface area contributed by atoms with E-state index in [1.54, 1.807) is 21.9 Å². The van der Waals surface area contributed by atoms with E-state index >= 15 is 0 Å². The standard InChI is InChI=1S/C36H52N2O12/c1-22(2)33(43)47-18-28(39)14-37(15-29(40)19-48-34(44)23(3)4)32(27-12-10-11-26(9)13-27)38(16-30(41)20-49-35(45)24(5)6)17-31(42)21-50-36(46)25(7)8/h10-13,28-32,39-42H,1,3,5,7,14-21H2,2,4,6,8-9H3. The third kappa shape index (κ3) is 16.5. The summed E-state index contributed by atoms with van der Waals surface area (Å²) in [6.45, 7) is 19.0. The van der Waals surface area contributed by atoms with E-state index in [0.29, 0.717) is 5.56 Å². The van der Waals surface area contributed by atoms with Crippen LogP contribution in [0.4, 0.5) is 0 Å². The van der Waals surface area contributed by atoms with E-state index in [1.807, 2.05) is 19.1 Å². The number of rotatable bonds is 23. The van der Waals surface area contributed by atoms with E-state index in [2.05, 4.69) is 26.3 Å². The molecule has 0 aliphatic carbocycles. The fourth-order valence-electron chi connectivity index (χ4n) is 4.51. The lowest BCUT2D eigenvalue weighted by atomic mass is 10.0. The molecule has 4 N–H and O–H groups in total. The lowest BCUT2D eigenvalue weighted by molar-refractivity contribution is -0.144. The van der Waals surface area contributed by atoms with Crippen LogP contribution in [0.1, 0.15) is 45.0 Å². The Morgan fingerprint density at radius 3 is 1.10 bits per heavy atom. The molecule has 0 fully saturated rings. The second kappa shape index (κ2) is 21.8. The second-order valence-corrected chi connectivity index (χ2v) is 12.3. The largest absolute Gasteiger partial charge is 0.460 e. The summed E-state index contributed by atoms with van der Waals surface area (Å²) in [5.41, 5.74) is 1.89. The topological polar surface area (TPSA) is 193 Å². The summed E-state index contributed by atoms with van der Waals surface area (Å²) in [4.78, 5) is 51.5. The number of carbonyl (C=O) groups is 4. The highest BCUT2D eigenvalue weighted by molar-refractivity contribution is 5.88. The Morgan fingerprint density at radius 2 is 0.860 bits per heavy atom. The normalized spacial score (nSPS) is 14.1. The summed E-state index contributed by atoms with van der Waals surface area (Å²) in [7, 11) is 0. The van der Waals surface area contributed by atoms with E-state index in [4.69, 9.17) is 18.9 Å². The van der Waals surface area contributed by atoms with E-state index < -0.39 is 80.9 Å². The molecule has 0 bridgehead atoms. The van der Waals surface area contributed by atoms with Crippen molar-refractivity contribution in [2.75, 3.05) is 52.6 Å². The Hall–Kier alpha value is -4.18. The highest BCUT2D eigenvalue weighted by atomic mass is 16.6. The monoisotopic (exact) mass is 704 g/mol. The zero-order valence-electron chi connectivity index (χ0n) is 29.6. The van der Waals surface area contributed by atoms with E-state index in [-0.39, 0.29) is 48.5 Å². The molecule has 1 aromatic carbocycles. The molecule has 0 saturated carbocycles. The molecule has 0 aliphatic heterocycles. The smallest absolute Gasteiger partial charge is 0.333 e. The number of hydrogen-bond acceptors (Lipinski definition) is 14. The van der Waals surface area contributed by atoms with Crippen molar-refractivity contribution in [2.24, 2.45) is 0 Å². The van der Waals surface area contributed by atoms with Crippen molar-refractivity contribution in [3.05, 3.63) is 84.0 Å². The molecule has 14 heteroatoms. The first-order valence-corrected chi connectivity index (χ1v) is 15.9. The van der Waals surface area contributed by atoms with Crippen LogP contribution in [0.25, 0.3) is 0 Å². The van der Waals surface area contributed by atoms with Crippen LogP contribution in [-0.2, 0) is 38.1 Å². The van der Waals surface area contributed by atoms with E-state index in [0.717, 1.165) is 5.56 Å². The van der Waals surface area contributed by atoms with Crippen LogP contribution >= 0.6 is 0 Å². The van der Waals surface area contributed by atoms with Crippen molar-refractivity contribution in [1.29, 1.82) is 0 Å². The number of hydrogen-bond donors (Lipinski definition) is 4. The molecule has 14 nitrogen and oxygen atoms in total. The van der Waals surface area contributed by atoms with Gasteiger partial charge in [0.15, 0.2) is 0 Å². The molecule has 4 atom stereocenters. The summed E-state index contributed by atoms with van der Waals surface area (Å²) in [5, 5.41) is 44.3. The summed E-state index contributed by atoms with van der Waals surface area (Å²) in [5.74, 6) is -2.89. The van der Waals surface area contributed by atoms with Crippen LogP contribution in [0.5, 0.6) is 0 Å². The Kier molecular flexibility index (Phi) is 19.1. The number of nitrogens with zero attached hydrogens (tertiary/aromatic N) is 2. The van der Waals surface area contributed by atoms with Crippen LogP contribution in [0.2, 0.25) is 0 Å². The van der Waals surface area contributed by atoms with Crippen LogP contribution in [0.3, 0.4) is 0 Å². The van der Waals surface area contributed by atoms with Gasteiger partial charge in [-0.05, 0) is 40.2 Å². The number of ether oxygens (including phenoxy) is 4. The highest BCUT2D eigenvalue weighted by Gasteiger charge is 2.33. The number of carbonyl (C=O) groups excluding carboxylic acids is 4. The molecule has 0 heterocycles. The molecule has 0 saturated heterocycles. The van der Waals surface area contributed by atoms with Gasteiger partial charge in [0.05, 0.1) is 6.17 Å². The molecule has 0 spiro atoms. The van der Waals surface area contributed by atoms with E-state index in [9.17, 15) is 39.6 Å². The maximum absolute atomic E-state index is 12.1. The molecule has 0 aromatic heterocycles. The maximum Gasteiger partial charge on any atom is 0.333 e. The summed E-state index contributed by atoms with van der Waals surface area (Å²) < 4.78 is 20.6. The van der Waals surface area contributed by atoms with Crippen LogP contribution in [0, 0.1) is 6.92 Å². The van der Waals surface area contributed by atoms with Crippen molar-refractivity contribution >= 4 is 23.9 Å². The fourth-order valence-corrected chi connectivity index (χ4v) is 4.51. The SMILES string of the molecule is C=C(C)C(=O)OCC(O)CN(CC(O)COC(=O)C(=C)C)C(c1cccc(C)c1)N(CC(O)COC(=O)C(=C)C)CC(O)COC(=O)C(=C)C. The maximum atomic E-state index is 12.1. The number of aryl methyl sites for hydroxylation is 1. The van der Waals surface area contributed by atoms with Gasteiger partial charge in [0.25, 0.3) is 0 Å². The molecule has 0 radical (unpaired) electrons. The third-order valence-corrected chi connectivity index (χ3v) is 6.83. The van der Waals surface area contributed by atoms with Gasteiger partial charge < -0.3 is 39.4 Å². The first kappa shape index (κ1) is 43.8. The minimum atomic E-state index is -1.32. The second-order valence-electron chi connectivity index (χ2n) is 12.3. The minimum absolute atomic E-state index is 0.121. The zero-order chi connectivity index (χ0) is 38.1. The average Bonchev–Trinajstić information content (AvgIpc) is 3.03. The van der Waals surface area contributed by atoms with Gasteiger partial charge in [-0.3, -0.25) is 9.80 Å². The first-order valence-electron chi connectivity index (χ1n) is 15.9. The summed E-state index contributed by atoms with van der Waals surface area (Å²) in [6.07, 6.45) is -6.23. The third-order valence-electron chi connectivity index (χ3n) is 6.83. The molecule has 278 valence electrons. The minimum Gasteiger partial charge on any atom is -0.460 e. The van der Waals surface area contributed by atoms with Crippen molar-refractivity contribution in [3.8, 4) is 0 Å². The summed E-state index contributed by atoms with van der Waals surface area (Å²) in [6, 6.07) is 7.16. The first-order chi connectivity index (χ1) is 23.3. The zero-order valence-corrected chi connectivity index (χ0v) is 29.6. The quantitative estimate of drug-likeness (QED) is 0.0555. The Bertz CT molecular complexity index is 1220. The molecule has 50 heavy (non-hydrogen) atoms. The van der Waals surface area contributed by atoms with Gasteiger partial charge in [-0.15, -0.1) is 0 Å². The van der Waals surface area contributed by atoms with Crippen molar-refractivity contribution in [2.45, 2.75) is 65.2 Å². The Morgan fingerprint density at radius 1 is 0.580 bits per heavy atom. The Labute approximate surface area is 293 Å². The lowest BCUT2D eigenvalue weighted by Crippen LogP contribution is -2.52. The molecule has 1 aromatic rings. The number of aliphatic hydroxyl groups is 4. The average molecular weight is 705 g/mol. The highest BCUT2D eigenvalue weighted by Crippen LogP contribution is 2.28. The molecule has 1 rings (SSSR count).